The van der Waals surface area contributed by atoms with Crippen LogP contribution < -0.4 is 5.11 Å². The highest BCUT2D eigenvalue weighted by Crippen LogP contribution is 2.18. The minimum Gasteiger partial charge on any atom is -0.550 e. The number of hydrogen-bond acceptors (Lipinski definition) is 3. The molecular weight excluding hydrogens is 192 g/mol. The molecule has 0 amide bonds. The Hall–Kier alpha value is -1.03. The Morgan fingerprint density at radius 3 is 2.62 bits per heavy atom. The molecule has 0 aliphatic heterocycles. The van der Waals surface area contributed by atoms with E-state index >= 15 is 0 Å². The molecule has 13 heavy (non-hydrogen) atoms. The van der Waals surface area contributed by atoms with E-state index in [1.807, 2.05) is 0 Å². The number of carboxylic acid groups (broad SMARTS) is 1. The Morgan fingerprint density at radius 1 is 1.62 bits per heavy atom. The van der Waals surface area contributed by atoms with Gasteiger partial charge in [-0.3, -0.25) is 4.68 Å². The second-order valence-electron chi connectivity index (χ2n) is 2.83. The smallest absolute Gasteiger partial charge is 0.0844 e. The van der Waals surface area contributed by atoms with Gasteiger partial charge in [-0.1, -0.05) is 11.6 Å². The van der Waals surface area contributed by atoms with Crippen molar-refractivity contribution in [3.05, 3.63) is 16.4 Å². The van der Waals surface area contributed by atoms with Crippen molar-refractivity contribution in [2.45, 2.75) is 26.8 Å². The molecule has 1 rings (SSSR count). The summed E-state index contributed by atoms with van der Waals surface area (Å²) in [4.78, 5) is 10.2. The second kappa shape index (κ2) is 3.79. The number of nitrogens with zero attached hydrogens (tertiary/aromatic N) is 2. The summed E-state index contributed by atoms with van der Waals surface area (Å²) >= 11 is 5.87. The predicted octanol–water partition coefficient (Wildman–Crippen LogP) is 0.293. The fraction of sp³-hybridized carbons (Fsp3) is 0.500. The average Bonchev–Trinajstić information content (AvgIpc) is 2.29. The predicted molar refractivity (Wildman–Crippen MR) is 46.3 cm³/mol. The van der Waals surface area contributed by atoms with E-state index in [2.05, 4.69) is 5.10 Å². The zero-order valence-electron chi connectivity index (χ0n) is 7.50. The Kier molecular flexibility index (Phi) is 2.93. The molecule has 0 fully saturated rings. The van der Waals surface area contributed by atoms with E-state index in [4.69, 9.17) is 11.6 Å². The van der Waals surface area contributed by atoms with Crippen molar-refractivity contribution in [3.8, 4) is 0 Å². The second-order valence-corrected chi connectivity index (χ2v) is 3.21. The van der Waals surface area contributed by atoms with Crippen LogP contribution in [0.1, 0.15) is 17.8 Å². The van der Waals surface area contributed by atoms with Crippen molar-refractivity contribution < 1.29 is 9.90 Å². The third kappa shape index (κ3) is 2.21. The molecule has 0 radical (unpaired) electrons. The molecule has 72 valence electrons. The van der Waals surface area contributed by atoms with E-state index in [0.29, 0.717) is 11.6 Å². The van der Waals surface area contributed by atoms with Crippen LogP contribution >= 0.6 is 11.6 Å². The molecule has 0 N–H and O–H groups in total. The highest BCUT2D eigenvalue weighted by Gasteiger charge is 2.07. The summed E-state index contributed by atoms with van der Waals surface area (Å²) in [6, 6.07) is 0. The summed E-state index contributed by atoms with van der Waals surface area (Å²) in [5, 5.41) is 14.9. The fourth-order valence-electron chi connectivity index (χ4n) is 1.09. The summed E-state index contributed by atoms with van der Waals surface area (Å²) < 4.78 is 1.58. The molecule has 0 aromatic carbocycles. The van der Waals surface area contributed by atoms with Crippen LogP contribution in [-0.4, -0.2) is 15.7 Å². The number of hydrogen-bond donors (Lipinski definition) is 0. The summed E-state index contributed by atoms with van der Waals surface area (Å²) in [7, 11) is 0. The van der Waals surface area contributed by atoms with E-state index in [1.54, 1.807) is 18.5 Å². The van der Waals surface area contributed by atoms with Crippen LogP contribution in [0.5, 0.6) is 0 Å². The molecule has 0 saturated heterocycles. The van der Waals surface area contributed by atoms with Gasteiger partial charge in [0.15, 0.2) is 0 Å². The summed E-state index contributed by atoms with van der Waals surface area (Å²) in [5.41, 5.74) is 1.51. The normalized spacial score (nSPS) is 10.4. The largest absolute Gasteiger partial charge is 0.550 e. The first kappa shape index (κ1) is 10.1. The first-order chi connectivity index (χ1) is 6.02. The molecule has 0 bridgehead atoms. The van der Waals surface area contributed by atoms with Crippen LogP contribution in [0.4, 0.5) is 0 Å². The molecule has 0 atom stereocenters. The molecule has 0 saturated carbocycles. The molecule has 0 aliphatic rings. The van der Waals surface area contributed by atoms with Crippen LogP contribution in [0, 0.1) is 13.8 Å². The summed E-state index contributed by atoms with van der Waals surface area (Å²) in [6.07, 6.45) is -0.0434. The topological polar surface area (TPSA) is 58.0 Å². The van der Waals surface area contributed by atoms with Gasteiger partial charge in [-0.25, -0.2) is 0 Å². The third-order valence-corrected chi connectivity index (χ3v) is 2.37. The van der Waals surface area contributed by atoms with E-state index in [9.17, 15) is 9.90 Å². The van der Waals surface area contributed by atoms with Crippen molar-refractivity contribution >= 4 is 17.6 Å². The van der Waals surface area contributed by atoms with Gasteiger partial charge in [-0.15, -0.1) is 0 Å². The van der Waals surface area contributed by atoms with Gasteiger partial charge in [0.1, 0.15) is 0 Å². The van der Waals surface area contributed by atoms with Crippen LogP contribution in [-0.2, 0) is 11.3 Å². The third-order valence-electron chi connectivity index (χ3n) is 1.82. The zero-order chi connectivity index (χ0) is 10.0. The average molecular weight is 202 g/mol. The molecule has 1 aromatic rings. The molecule has 1 aromatic heterocycles. The lowest BCUT2D eigenvalue weighted by molar-refractivity contribution is -0.306. The van der Waals surface area contributed by atoms with Gasteiger partial charge < -0.3 is 9.90 Å². The number of rotatable bonds is 3. The number of carbonyl (C=O) groups excluding carboxylic acids is 1. The zero-order valence-corrected chi connectivity index (χ0v) is 8.26. The quantitative estimate of drug-likeness (QED) is 0.707. The number of aliphatic carboxylic acids is 1. The molecule has 1 heterocycles. The molecule has 5 heteroatoms. The van der Waals surface area contributed by atoms with Gasteiger partial charge in [0, 0.05) is 18.9 Å². The summed E-state index contributed by atoms with van der Waals surface area (Å²) in [5.74, 6) is -1.08. The van der Waals surface area contributed by atoms with Gasteiger partial charge in [-0.2, -0.15) is 5.10 Å². The van der Waals surface area contributed by atoms with Gasteiger partial charge in [0.2, 0.25) is 0 Å². The maximum atomic E-state index is 10.2. The SMILES string of the molecule is Cc1nn(CCC(=O)[O-])c(C)c1Cl. The van der Waals surface area contributed by atoms with Gasteiger partial charge in [-0.05, 0) is 13.8 Å². The van der Waals surface area contributed by atoms with Crippen molar-refractivity contribution in [2.24, 2.45) is 0 Å². The van der Waals surface area contributed by atoms with Gasteiger partial charge >= 0.3 is 0 Å². The lowest BCUT2D eigenvalue weighted by Gasteiger charge is -2.04. The van der Waals surface area contributed by atoms with Crippen LogP contribution in [0.3, 0.4) is 0 Å². The first-order valence-electron chi connectivity index (χ1n) is 3.91. The number of halogens is 1. The molecule has 0 aliphatic carbocycles. The van der Waals surface area contributed by atoms with Gasteiger partial charge in [0.25, 0.3) is 0 Å². The van der Waals surface area contributed by atoms with Crippen molar-refractivity contribution in [1.29, 1.82) is 0 Å². The highest BCUT2D eigenvalue weighted by atomic mass is 35.5. The van der Waals surface area contributed by atoms with Crippen LogP contribution in [0.15, 0.2) is 0 Å². The highest BCUT2D eigenvalue weighted by molar-refractivity contribution is 6.31. The molecule has 0 unspecified atom stereocenters. The van der Waals surface area contributed by atoms with E-state index in [1.165, 1.54) is 0 Å². The summed E-state index contributed by atoms with van der Waals surface area (Å²) in [6.45, 7) is 3.89. The van der Waals surface area contributed by atoms with Gasteiger partial charge in [0.05, 0.1) is 16.4 Å². The Labute approximate surface area is 81.1 Å². The van der Waals surface area contributed by atoms with E-state index in [0.717, 1.165) is 11.4 Å². The standard InChI is InChI=1S/C8H11ClN2O2/c1-5-8(9)6(2)11(10-5)4-3-7(12)13/h3-4H2,1-2H3,(H,12,13)/p-1. The molecular formula is C8H10ClN2O2-. The van der Waals surface area contributed by atoms with E-state index in [-0.39, 0.29) is 6.42 Å². The molecule has 4 nitrogen and oxygen atoms in total. The maximum absolute atomic E-state index is 10.2. The number of carboxylic acids is 1. The van der Waals surface area contributed by atoms with E-state index < -0.39 is 5.97 Å². The Balaban J connectivity index is 2.78. The van der Waals surface area contributed by atoms with Crippen LogP contribution in [0.25, 0.3) is 0 Å². The number of aromatic nitrogens is 2. The lowest BCUT2D eigenvalue weighted by atomic mass is 10.4. The number of aryl methyl sites for hydroxylation is 2. The maximum Gasteiger partial charge on any atom is 0.0844 e. The van der Waals surface area contributed by atoms with Crippen molar-refractivity contribution in [2.75, 3.05) is 0 Å². The first-order valence-corrected chi connectivity index (χ1v) is 4.29. The minimum atomic E-state index is -1.08. The van der Waals surface area contributed by atoms with Crippen LogP contribution in [0.2, 0.25) is 5.02 Å². The molecule has 0 spiro atoms. The minimum absolute atomic E-state index is 0.0434. The van der Waals surface area contributed by atoms with Crippen molar-refractivity contribution in [3.63, 3.8) is 0 Å². The fourth-order valence-corrected chi connectivity index (χ4v) is 1.23. The number of carbonyl (C=O) groups is 1. The Morgan fingerprint density at radius 2 is 2.23 bits per heavy atom. The monoisotopic (exact) mass is 201 g/mol. The Bertz CT molecular complexity index is 333. The van der Waals surface area contributed by atoms with Crippen molar-refractivity contribution in [1.82, 2.24) is 9.78 Å². The lowest BCUT2D eigenvalue weighted by Crippen LogP contribution is -2.24.